The Kier molecular flexibility index (Phi) is 3.92. The van der Waals surface area contributed by atoms with Gasteiger partial charge in [-0.2, -0.15) is 5.10 Å². The molecule has 0 radical (unpaired) electrons. The van der Waals surface area contributed by atoms with E-state index in [-0.39, 0.29) is 5.91 Å². The fourth-order valence-corrected chi connectivity index (χ4v) is 2.69. The minimum atomic E-state index is -0.238. The van der Waals surface area contributed by atoms with Crippen LogP contribution in [0, 0.1) is 0 Å². The number of nitrogens with one attached hydrogen (secondary N) is 1. The Labute approximate surface area is 149 Å². The molecule has 0 unspecified atom stereocenters. The summed E-state index contributed by atoms with van der Waals surface area (Å²) in [7, 11) is 1.92. The molecule has 8 heteroatoms. The molecule has 0 aromatic carbocycles. The van der Waals surface area contributed by atoms with Crippen molar-refractivity contribution in [1.82, 2.24) is 29.3 Å². The number of aryl methyl sites for hydroxylation is 2. The van der Waals surface area contributed by atoms with Crippen LogP contribution in [0.1, 0.15) is 17.3 Å². The van der Waals surface area contributed by atoms with Gasteiger partial charge in [0.25, 0.3) is 5.91 Å². The maximum atomic E-state index is 12.3. The van der Waals surface area contributed by atoms with E-state index in [9.17, 15) is 4.79 Å². The molecule has 26 heavy (non-hydrogen) atoms. The van der Waals surface area contributed by atoms with E-state index in [0.29, 0.717) is 17.9 Å². The minimum absolute atomic E-state index is 0.238. The van der Waals surface area contributed by atoms with Crippen LogP contribution in [0.15, 0.2) is 49.4 Å². The number of hydrogen-bond donors (Lipinski definition) is 1. The second-order valence-electron chi connectivity index (χ2n) is 5.91. The first-order valence-corrected chi connectivity index (χ1v) is 8.20. The highest BCUT2D eigenvalue weighted by atomic mass is 16.1. The molecule has 0 fully saturated rings. The van der Waals surface area contributed by atoms with E-state index in [1.165, 1.54) is 0 Å². The quantitative estimate of drug-likeness (QED) is 0.612. The fourth-order valence-electron chi connectivity index (χ4n) is 2.69. The van der Waals surface area contributed by atoms with Crippen molar-refractivity contribution in [2.75, 3.05) is 5.32 Å². The molecule has 0 bridgehead atoms. The number of nitrogens with zero attached hydrogens (tertiary/aromatic N) is 6. The second kappa shape index (κ2) is 6.40. The van der Waals surface area contributed by atoms with E-state index in [2.05, 4.69) is 25.4 Å². The first-order valence-electron chi connectivity index (χ1n) is 8.20. The zero-order valence-corrected chi connectivity index (χ0v) is 14.4. The van der Waals surface area contributed by atoms with Gasteiger partial charge >= 0.3 is 0 Å². The SMILES string of the molecule is CCn1cc(C(=O)Nc2cc3cc(-c4cncn4C)ncc3cn2)cn1. The van der Waals surface area contributed by atoms with Crippen molar-refractivity contribution >= 4 is 22.5 Å². The third-order valence-electron chi connectivity index (χ3n) is 4.14. The van der Waals surface area contributed by atoms with Crippen molar-refractivity contribution in [3.8, 4) is 11.4 Å². The first kappa shape index (κ1) is 15.9. The highest BCUT2D eigenvalue weighted by Gasteiger charge is 2.11. The molecule has 0 spiro atoms. The Morgan fingerprint density at radius 3 is 2.69 bits per heavy atom. The molecule has 4 aromatic rings. The summed E-state index contributed by atoms with van der Waals surface area (Å²) < 4.78 is 3.61. The fraction of sp³-hybridized carbons (Fsp3) is 0.167. The molecule has 0 aliphatic heterocycles. The predicted octanol–water partition coefficient (Wildman–Crippen LogP) is 2.50. The van der Waals surface area contributed by atoms with Gasteiger partial charge < -0.3 is 9.88 Å². The van der Waals surface area contributed by atoms with E-state index in [0.717, 1.165) is 22.2 Å². The Hall–Kier alpha value is -3.55. The number of fused-ring (bicyclic) bond motifs is 1. The maximum absolute atomic E-state index is 12.3. The highest BCUT2D eigenvalue weighted by Crippen LogP contribution is 2.22. The minimum Gasteiger partial charge on any atom is -0.332 e. The van der Waals surface area contributed by atoms with Gasteiger partial charge in [0, 0.05) is 37.6 Å². The highest BCUT2D eigenvalue weighted by molar-refractivity contribution is 6.04. The number of pyridine rings is 2. The van der Waals surface area contributed by atoms with E-state index < -0.39 is 0 Å². The molecule has 0 saturated heterocycles. The van der Waals surface area contributed by atoms with Crippen molar-refractivity contribution in [3.63, 3.8) is 0 Å². The number of carbonyl (C=O) groups is 1. The number of rotatable bonds is 4. The smallest absolute Gasteiger partial charge is 0.260 e. The predicted molar refractivity (Wildman–Crippen MR) is 97.6 cm³/mol. The third kappa shape index (κ3) is 2.92. The van der Waals surface area contributed by atoms with E-state index in [1.807, 2.05) is 30.7 Å². The van der Waals surface area contributed by atoms with E-state index in [1.54, 1.807) is 42.0 Å². The molecule has 1 amide bonds. The Morgan fingerprint density at radius 1 is 1.12 bits per heavy atom. The molecule has 1 N–H and O–H groups in total. The normalized spacial score (nSPS) is 11.0. The summed E-state index contributed by atoms with van der Waals surface area (Å²) in [4.78, 5) is 25.2. The zero-order valence-electron chi connectivity index (χ0n) is 14.4. The van der Waals surface area contributed by atoms with Crippen LogP contribution >= 0.6 is 0 Å². The van der Waals surface area contributed by atoms with Gasteiger partial charge in [0.15, 0.2) is 0 Å². The molecule has 0 aliphatic rings. The zero-order chi connectivity index (χ0) is 18.1. The van der Waals surface area contributed by atoms with Crippen molar-refractivity contribution in [3.05, 3.63) is 55.0 Å². The number of amides is 1. The molecular formula is C18H17N7O. The summed E-state index contributed by atoms with van der Waals surface area (Å²) in [6, 6.07) is 3.79. The molecule has 4 heterocycles. The second-order valence-corrected chi connectivity index (χ2v) is 5.91. The van der Waals surface area contributed by atoms with Gasteiger partial charge in [-0.15, -0.1) is 0 Å². The van der Waals surface area contributed by atoms with Crippen LogP contribution in [0.3, 0.4) is 0 Å². The van der Waals surface area contributed by atoms with Crippen LogP contribution in [0.2, 0.25) is 0 Å². The molecular weight excluding hydrogens is 330 g/mol. The van der Waals surface area contributed by atoms with Crippen LogP contribution in [0.5, 0.6) is 0 Å². The van der Waals surface area contributed by atoms with Gasteiger partial charge in [-0.25, -0.2) is 9.97 Å². The molecule has 8 nitrogen and oxygen atoms in total. The van der Waals surface area contributed by atoms with Crippen LogP contribution in [0.25, 0.3) is 22.2 Å². The largest absolute Gasteiger partial charge is 0.332 e. The van der Waals surface area contributed by atoms with Crippen molar-refractivity contribution in [2.24, 2.45) is 7.05 Å². The molecule has 0 aliphatic carbocycles. The van der Waals surface area contributed by atoms with Crippen molar-refractivity contribution < 1.29 is 4.79 Å². The van der Waals surface area contributed by atoms with E-state index in [4.69, 9.17) is 0 Å². The van der Waals surface area contributed by atoms with Crippen molar-refractivity contribution in [2.45, 2.75) is 13.5 Å². The van der Waals surface area contributed by atoms with Gasteiger partial charge in [0.1, 0.15) is 5.82 Å². The summed E-state index contributed by atoms with van der Waals surface area (Å²) in [6.45, 7) is 2.68. The molecule has 4 rings (SSSR count). The van der Waals surface area contributed by atoms with Gasteiger partial charge in [-0.1, -0.05) is 0 Å². The summed E-state index contributed by atoms with van der Waals surface area (Å²) in [5.74, 6) is 0.242. The van der Waals surface area contributed by atoms with Gasteiger partial charge in [0.2, 0.25) is 0 Å². The average Bonchev–Trinajstić information content (AvgIpc) is 3.30. The summed E-state index contributed by atoms with van der Waals surface area (Å²) in [5.41, 5.74) is 2.23. The van der Waals surface area contributed by atoms with Crippen LogP contribution in [0.4, 0.5) is 5.82 Å². The number of imidazole rings is 1. The van der Waals surface area contributed by atoms with Crippen molar-refractivity contribution in [1.29, 1.82) is 0 Å². The molecule has 0 atom stereocenters. The molecule has 0 saturated carbocycles. The van der Waals surface area contributed by atoms with E-state index >= 15 is 0 Å². The number of hydrogen-bond acceptors (Lipinski definition) is 5. The Bertz CT molecular complexity index is 1100. The Balaban J connectivity index is 1.64. The molecule has 130 valence electrons. The lowest BCUT2D eigenvalue weighted by molar-refractivity contribution is 0.102. The van der Waals surface area contributed by atoms with Gasteiger partial charge in [-0.3, -0.25) is 14.5 Å². The lowest BCUT2D eigenvalue weighted by Crippen LogP contribution is -2.12. The Morgan fingerprint density at radius 2 is 1.96 bits per heavy atom. The summed E-state index contributed by atoms with van der Waals surface area (Å²) in [5, 5.41) is 8.76. The molecule has 4 aromatic heterocycles. The summed E-state index contributed by atoms with van der Waals surface area (Å²) in [6.07, 6.45) is 10.2. The average molecular weight is 347 g/mol. The lowest BCUT2D eigenvalue weighted by atomic mass is 10.1. The topological polar surface area (TPSA) is 90.5 Å². The van der Waals surface area contributed by atoms with Crippen LogP contribution in [-0.2, 0) is 13.6 Å². The lowest BCUT2D eigenvalue weighted by Gasteiger charge is -2.06. The third-order valence-corrected chi connectivity index (χ3v) is 4.14. The van der Waals surface area contributed by atoms with Crippen LogP contribution < -0.4 is 5.32 Å². The summed E-state index contributed by atoms with van der Waals surface area (Å²) >= 11 is 0. The van der Waals surface area contributed by atoms with Gasteiger partial charge in [-0.05, 0) is 24.4 Å². The maximum Gasteiger partial charge on any atom is 0.260 e. The standard InChI is InChI=1S/C18H17N7O/c1-3-25-10-14(8-22-25)18(26)23-17-5-12-4-15(16-9-19-11-24(16)2)20-6-13(12)7-21-17/h4-11H,3H2,1-2H3,(H,21,23,26). The number of anilines is 1. The van der Waals surface area contributed by atoms with Gasteiger partial charge in [0.05, 0.1) is 35.7 Å². The monoisotopic (exact) mass is 347 g/mol. The number of aromatic nitrogens is 6. The number of carbonyl (C=O) groups excluding carboxylic acids is 1. The first-order chi connectivity index (χ1) is 12.6. The van der Waals surface area contributed by atoms with Crippen LogP contribution in [-0.4, -0.2) is 35.2 Å².